The van der Waals surface area contributed by atoms with Gasteiger partial charge < -0.3 is 10.2 Å². The number of fused-ring (bicyclic) bond motifs is 1. The van der Waals surface area contributed by atoms with Gasteiger partial charge in [-0.3, -0.25) is 9.48 Å². The number of carbonyl (C=O) groups is 1. The number of amides is 1. The zero-order valence-corrected chi connectivity index (χ0v) is 15.7. The van der Waals surface area contributed by atoms with Gasteiger partial charge in [-0.05, 0) is 17.7 Å². The van der Waals surface area contributed by atoms with Crippen LogP contribution in [0.3, 0.4) is 0 Å². The van der Waals surface area contributed by atoms with Crippen molar-refractivity contribution in [2.75, 3.05) is 19.6 Å². The Balaban J connectivity index is 0.00000196. The van der Waals surface area contributed by atoms with Crippen molar-refractivity contribution in [3.63, 3.8) is 0 Å². The minimum Gasteiger partial charge on any atom is -0.331 e. The third-order valence-electron chi connectivity index (χ3n) is 4.59. The van der Waals surface area contributed by atoms with Gasteiger partial charge in [0.1, 0.15) is 6.54 Å². The fraction of sp³-hybridized carbons (Fsp3) is 0.263. The Kier molecular flexibility index (Phi) is 5.81. The van der Waals surface area contributed by atoms with Crippen molar-refractivity contribution in [2.24, 2.45) is 0 Å². The van der Waals surface area contributed by atoms with Crippen LogP contribution in [0.4, 0.5) is 0 Å². The molecule has 1 saturated heterocycles. The zero-order valence-electron chi connectivity index (χ0n) is 14.1. The van der Waals surface area contributed by atoms with Crippen LogP contribution in [0.25, 0.3) is 10.9 Å². The number of aromatic nitrogens is 2. The number of halogens is 2. The molecule has 1 aliphatic rings. The summed E-state index contributed by atoms with van der Waals surface area (Å²) in [6.07, 6.45) is 1.92. The van der Waals surface area contributed by atoms with Crippen molar-refractivity contribution >= 4 is 40.8 Å². The standard InChI is InChI=1S/C19H19ClN4O.ClH/c20-16-7-3-2-6-15(16)18-11-21-9-10-24(18)19(25)13-23-12-14-5-1-4-8-17(14)22-23;/h1-8,12,18,21H,9-11,13H2;1H. The summed E-state index contributed by atoms with van der Waals surface area (Å²) < 4.78 is 1.72. The summed E-state index contributed by atoms with van der Waals surface area (Å²) in [5.74, 6) is 0.0548. The summed E-state index contributed by atoms with van der Waals surface area (Å²) >= 11 is 6.36. The third kappa shape index (κ3) is 3.70. The van der Waals surface area contributed by atoms with E-state index in [1.165, 1.54) is 0 Å². The number of nitrogens with one attached hydrogen (secondary N) is 1. The lowest BCUT2D eigenvalue weighted by atomic mass is 10.0. The van der Waals surface area contributed by atoms with Crippen LogP contribution in [0.15, 0.2) is 54.7 Å². The van der Waals surface area contributed by atoms with E-state index in [4.69, 9.17) is 11.6 Å². The van der Waals surface area contributed by atoms with Crippen molar-refractivity contribution in [2.45, 2.75) is 12.6 Å². The molecule has 0 radical (unpaired) electrons. The maximum Gasteiger partial charge on any atom is 0.244 e. The molecule has 1 fully saturated rings. The van der Waals surface area contributed by atoms with Crippen molar-refractivity contribution in [3.05, 3.63) is 65.3 Å². The topological polar surface area (TPSA) is 50.2 Å². The van der Waals surface area contributed by atoms with Crippen molar-refractivity contribution in [3.8, 4) is 0 Å². The molecular formula is C19H20Cl2N4O. The van der Waals surface area contributed by atoms with E-state index in [1.807, 2.05) is 59.6 Å². The first-order chi connectivity index (χ1) is 12.2. The molecule has 4 rings (SSSR count). The number of hydrogen-bond donors (Lipinski definition) is 1. The third-order valence-corrected chi connectivity index (χ3v) is 4.93. The minimum absolute atomic E-state index is 0. The fourth-order valence-corrected chi connectivity index (χ4v) is 3.61. The molecule has 7 heteroatoms. The monoisotopic (exact) mass is 390 g/mol. The van der Waals surface area contributed by atoms with E-state index in [9.17, 15) is 4.79 Å². The second-order valence-corrected chi connectivity index (χ2v) is 6.62. The van der Waals surface area contributed by atoms with E-state index >= 15 is 0 Å². The highest BCUT2D eigenvalue weighted by Gasteiger charge is 2.29. The molecule has 2 aromatic carbocycles. The van der Waals surface area contributed by atoms with Crippen LogP contribution in [0.2, 0.25) is 5.02 Å². The number of benzene rings is 2. The highest BCUT2D eigenvalue weighted by Crippen LogP contribution is 2.28. The molecule has 136 valence electrons. The molecule has 2 heterocycles. The zero-order chi connectivity index (χ0) is 17.2. The first-order valence-corrected chi connectivity index (χ1v) is 8.77. The quantitative estimate of drug-likeness (QED) is 0.746. The van der Waals surface area contributed by atoms with Crippen molar-refractivity contribution in [1.29, 1.82) is 0 Å². The molecule has 5 nitrogen and oxygen atoms in total. The smallest absolute Gasteiger partial charge is 0.244 e. The average molecular weight is 391 g/mol. The van der Waals surface area contributed by atoms with Crippen LogP contribution in [-0.4, -0.2) is 40.2 Å². The summed E-state index contributed by atoms with van der Waals surface area (Å²) in [6.45, 7) is 2.38. The van der Waals surface area contributed by atoms with E-state index in [0.29, 0.717) is 18.1 Å². The summed E-state index contributed by atoms with van der Waals surface area (Å²) in [5.41, 5.74) is 1.88. The summed E-state index contributed by atoms with van der Waals surface area (Å²) in [7, 11) is 0. The number of piperazine rings is 1. The lowest BCUT2D eigenvalue weighted by Gasteiger charge is -2.37. The Hall–Kier alpha value is -2.08. The predicted molar refractivity (Wildman–Crippen MR) is 106 cm³/mol. The predicted octanol–water partition coefficient (Wildman–Crippen LogP) is 3.28. The Morgan fingerprint density at radius 2 is 1.96 bits per heavy atom. The van der Waals surface area contributed by atoms with Gasteiger partial charge in [0.15, 0.2) is 0 Å². The maximum atomic E-state index is 12.9. The normalized spacial score (nSPS) is 17.1. The molecule has 1 aromatic heterocycles. The molecule has 0 saturated carbocycles. The van der Waals surface area contributed by atoms with Crippen LogP contribution >= 0.6 is 24.0 Å². The molecule has 3 aromatic rings. The highest BCUT2D eigenvalue weighted by molar-refractivity contribution is 6.31. The number of hydrogen-bond acceptors (Lipinski definition) is 3. The van der Waals surface area contributed by atoms with Gasteiger partial charge in [0.25, 0.3) is 0 Å². The molecule has 1 unspecified atom stereocenters. The van der Waals surface area contributed by atoms with Gasteiger partial charge >= 0.3 is 0 Å². The van der Waals surface area contributed by atoms with Gasteiger partial charge in [-0.1, -0.05) is 48.0 Å². The molecule has 0 bridgehead atoms. The van der Waals surface area contributed by atoms with Gasteiger partial charge in [0.2, 0.25) is 5.91 Å². The first kappa shape index (κ1) is 18.7. The Morgan fingerprint density at radius 3 is 2.77 bits per heavy atom. The van der Waals surface area contributed by atoms with Crippen molar-refractivity contribution in [1.82, 2.24) is 20.0 Å². The van der Waals surface area contributed by atoms with Gasteiger partial charge in [0.05, 0.1) is 11.6 Å². The second-order valence-electron chi connectivity index (χ2n) is 6.21. The molecule has 0 aliphatic carbocycles. The number of nitrogens with zero attached hydrogens (tertiary/aromatic N) is 3. The van der Waals surface area contributed by atoms with Crippen LogP contribution < -0.4 is 5.32 Å². The van der Waals surface area contributed by atoms with E-state index in [-0.39, 0.29) is 30.9 Å². The highest BCUT2D eigenvalue weighted by atomic mass is 35.5. The SMILES string of the molecule is Cl.O=C(Cn1cc2ccccc2n1)N1CCNCC1c1ccccc1Cl. The minimum atomic E-state index is -0.0556. The van der Waals surface area contributed by atoms with E-state index in [0.717, 1.165) is 23.0 Å². The molecule has 26 heavy (non-hydrogen) atoms. The largest absolute Gasteiger partial charge is 0.331 e. The van der Waals surface area contributed by atoms with Crippen LogP contribution in [0.5, 0.6) is 0 Å². The molecule has 1 atom stereocenters. The van der Waals surface area contributed by atoms with Gasteiger partial charge in [-0.2, -0.15) is 5.10 Å². The van der Waals surface area contributed by atoms with E-state index < -0.39 is 0 Å². The summed E-state index contributed by atoms with van der Waals surface area (Å²) in [6, 6.07) is 15.5. The van der Waals surface area contributed by atoms with Crippen molar-refractivity contribution < 1.29 is 4.79 Å². The Labute approximate surface area is 163 Å². The number of rotatable bonds is 3. The van der Waals surface area contributed by atoms with Crippen LogP contribution in [0.1, 0.15) is 11.6 Å². The second kappa shape index (κ2) is 8.08. The van der Waals surface area contributed by atoms with E-state index in [1.54, 1.807) is 4.68 Å². The molecule has 1 aliphatic heterocycles. The molecule has 0 spiro atoms. The lowest BCUT2D eigenvalue weighted by molar-refractivity contribution is -0.135. The van der Waals surface area contributed by atoms with Gasteiger partial charge in [-0.25, -0.2) is 0 Å². The lowest BCUT2D eigenvalue weighted by Crippen LogP contribution is -2.49. The van der Waals surface area contributed by atoms with Crippen LogP contribution in [-0.2, 0) is 11.3 Å². The van der Waals surface area contributed by atoms with E-state index in [2.05, 4.69) is 10.4 Å². The maximum absolute atomic E-state index is 12.9. The van der Waals surface area contributed by atoms with Gasteiger partial charge in [-0.15, -0.1) is 12.4 Å². The van der Waals surface area contributed by atoms with Gasteiger partial charge in [0, 0.05) is 36.2 Å². The Morgan fingerprint density at radius 1 is 1.19 bits per heavy atom. The summed E-state index contributed by atoms with van der Waals surface area (Å²) in [5, 5.41) is 9.58. The summed E-state index contributed by atoms with van der Waals surface area (Å²) in [4.78, 5) is 14.8. The molecule has 1 amide bonds. The molecular weight excluding hydrogens is 371 g/mol. The fourth-order valence-electron chi connectivity index (χ4n) is 3.35. The first-order valence-electron chi connectivity index (χ1n) is 8.39. The van der Waals surface area contributed by atoms with Crippen LogP contribution in [0, 0.1) is 0 Å². The number of carbonyl (C=O) groups excluding carboxylic acids is 1. The molecule has 1 N–H and O–H groups in total. The Bertz CT molecular complexity index is 878. The average Bonchev–Trinajstić information content (AvgIpc) is 3.04.